The number of rotatable bonds is 8. The van der Waals surface area contributed by atoms with Crippen molar-refractivity contribution >= 4 is 39.8 Å². The van der Waals surface area contributed by atoms with Crippen molar-refractivity contribution in [2.45, 2.75) is 31.5 Å². The predicted octanol–water partition coefficient (Wildman–Crippen LogP) is 5.21. The first kappa shape index (κ1) is 26.8. The first-order valence-corrected chi connectivity index (χ1v) is 14.0. The van der Waals surface area contributed by atoms with Gasteiger partial charge in [-0.1, -0.05) is 0 Å². The molecule has 41 heavy (non-hydrogen) atoms. The second kappa shape index (κ2) is 11.6. The van der Waals surface area contributed by atoms with Gasteiger partial charge in [-0.25, -0.2) is 9.78 Å². The monoisotopic (exact) mass is 580 g/mol. The summed E-state index contributed by atoms with van der Waals surface area (Å²) in [6.45, 7) is 1.81. The smallest absolute Gasteiger partial charge is 0.412 e. The average molecular weight is 581 g/mol. The molecule has 212 valence electrons. The first-order valence-electron chi connectivity index (χ1n) is 13.1. The fourth-order valence-electron chi connectivity index (χ4n) is 4.92. The lowest BCUT2D eigenvalue weighted by molar-refractivity contribution is -0.0951. The molecule has 0 aliphatic carbocycles. The van der Waals surface area contributed by atoms with Gasteiger partial charge in [0.1, 0.15) is 5.69 Å². The second-order valence-corrected chi connectivity index (χ2v) is 10.6. The average Bonchev–Trinajstić information content (AvgIpc) is 3.67. The van der Waals surface area contributed by atoms with E-state index in [9.17, 15) is 18.4 Å². The van der Waals surface area contributed by atoms with Crippen LogP contribution in [-0.4, -0.2) is 52.4 Å². The number of carbonyl (C=O) groups is 2. The fraction of sp³-hybridized carbons (Fsp3) is 0.286. The van der Waals surface area contributed by atoms with E-state index in [2.05, 4.69) is 20.5 Å². The summed E-state index contributed by atoms with van der Waals surface area (Å²) in [6, 6.07) is 13.2. The van der Waals surface area contributed by atoms with Gasteiger partial charge in [-0.15, -0.1) is 11.3 Å². The molecule has 2 amide bonds. The predicted molar refractivity (Wildman–Crippen MR) is 148 cm³/mol. The van der Waals surface area contributed by atoms with Crippen LogP contribution >= 0.6 is 11.3 Å². The number of amides is 2. The molecule has 2 fully saturated rings. The van der Waals surface area contributed by atoms with Gasteiger partial charge in [-0.3, -0.25) is 15.4 Å². The molecule has 1 atom stereocenters. The highest BCUT2D eigenvalue weighted by Crippen LogP contribution is 2.37. The molecule has 5 heterocycles. The number of anilines is 3. The highest BCUT2D eigenvalue weighted by molar-refractivity contribution is 7.14. The summed E-state index contributed by atoms with van der Waals surface area (Å²) < 4.78 is 38.9. The van der Waals surface area contributed by atoms with Crippen molar-refractivity contribution in [1.82, 2.24) is 14.5 Å². The van der Waals surface area contributed by atoms with Crippen LogP contribution in [0, 0.1) is 11.9 Å². The fourth-order valence-corrected chi connectivity index (χ4v) is 5.67. The molecule has 0 bridgehead atoms. The summed E-state index contributed by atoms with van der Waals surface area (Å²) in [5.74, 6) is -2.20. The van der Waals surface area contributed by atoms with Gasteiger partial charge < -0.3 is 18.9 Å². The molecule has 0 radical (unpaired) electrons. The minimum Gasteiger partial charge on any atom is -0.441 e. The quantitative estimate of drug-likeness (QED) is 0.276. The van der Waals surface area contributed by atoms with E-state index in [-0.39, 0.29) is 24.6 Å². The molecule has 4 aromatic rings. The van der Waals surface area contributed by atoms with Crippen LogP contribution in [0.2, 0.25) is 0 Å². The number of nitrogens with zero attached hydrogens (tertiary/aromatic N) is 4. The first-order chi connectivity index (χ1) is 19.9. The van der Waals surface area contributed by atoms with Crippen LogP contribution < -0.4 is 15.5 Å². The molecule has 0 saturated carbocycles. The van der Waals surface area contributed by atoms with E-state index in [0.717, 1.165) is 42.9 Å². The number of aromatic nitrogens is 3. The number of nitrogens with one attached hydrogen (secondary N) is 2. The van der Waals surface area contributed by atoms with E-state index in [1.54, 1.807) is 22.9 Å². The number of carbonyl (C=O) groups excluding carboxylic acids is 2. The van der Waals surface area contributed by atoms with E-state index >= 15 is 0 Å². The Balaban J connectivity index is 1.09. The van der Waals surface area contributed by atoms with Gasteiger partial charge in [0.2, 0.25) is 11.9 Å². The van der Waals surface area contributed by atoms with Crippen molar-refractivity contribution in [3.05, 3.63) is 89.0 Å². The summed E-state index contributed by atoms with van der Waals surface area (Å²) in [5, 5.41) is 7.98. The molecule has 0 spiro atoms. The Morgan fingerprint density at radius 1 is 1.07 bits per heavy atom. The number of hydrogen-bond donors (Lipinski definition) is 2. The maximum absolute atomic E-state index is 13.5. The Bertz CT molecular complexity index is 1530. The third-order valence-corrected chi connectivity index (χ3v) is 7.68. The molecular weight excluding hydrogens is 554 g/mol. The van der Waals surface area contributed by atoms with Crippen LogP contribution in [0.3, 0.4) is 0 Å². The molecule has 3 aromatic heterocycles. The zero-order chi connectivity index (χ0) is 28.3. The number of benzene rings is 1. The van der Waals surface area contributed by atoms with Crippen molar-refractivity contribution in [2.75, 3.05) is 35.3 Å². The lowest BCUT2D eigenvalue weighted by Crippen LogP contribution is -2.38. The molecule has 0 unspecified atom stereocenters. The normalized spacial score (nSPS) is 16.8. The third-order valence-electron chi connectivity index (χ3n) is 6.90. The Kier molecular flexibility index (Phi) is 7.61. The van der Waals surface area contributed by atoms with Crippen molar-refractivity contribution < 1.29 is 27.8 Å². The molecule has 2 aliphatic heterocycles. The van der Waals surface area contributed by atoms with Gasteiger partial charge in [-0.05, 0) is 66.9 Å². The van der Waals surface area contributed by atoms with E-state index in [4.69, 9.17) is 14.5 Å². The molecule has 13 heteroatoms. The van der Waals surface area contributed by atoms with Crippen LogP contribution in [0.1, 0.15) is 40.6 Å². The number of pyridine rings is 1. The van der Waals surface area contributed by atoms with Gasteiger partial charge in [-0.2, -0.15) is 13.8 Å². The van der Waals surface area contributed by atoms with Crippen LogP contribution in [0.15, 0.2) is 60.1 Å². The summed E-state index contributed by atoms with van der Waals surface area (Å²) >= 11 is 1.34. The van der Waals surface area contributed by atoms with Crippen molar-refractivity contribution in [3.63, 3.8) is 0 Å². The zero-order valence-corrected chi connectivity index (χ0v) is 22.6. The van der Waals surface area contributed by atoms with Gasteiger partial charge in [0.05, 0.1) is 24.9 Å². The molecular formula is C28H26F2N6O4S. The van der Waals surface area contributed by atoms with Crippen LogP contribution in [-0.2, 0) is 16.0 Å². The topological polar surface area (TPSA) is 111 Å². The number of ether oxygens (including phenoxy) is 2. The minimum atomic E-state index is -0.915. The van der Waals surface area contributed by atoms with Crippen molar-refractivity contribution in [2.24, 2.45) is 0 Å². The highest BCUT2D eigenvalue weighted by Gasteiger charge is 2.29. The third kappa shape index (κ3) is 6.20. The van der Waals surface area contributed by atoms with Crippen LogP contribution in [0.5, 0.6) is 0 Å². The largest absolute Gasteiger partial charge is 0.441 e. The zero-order valence-electron chi connectivity index (χ0n) is 21.8. The summed E-state index contributed by atoms with van der Waals surface area (Å²) in [5.41, 5.74) is 3.18. The number of hydrogen-bond acceptors (Lipinski definition) is 8. The van der Waals surface area contributed by atoms with Crippen LogP contribution in [0.4, 0.5) is 30.1 Å². The summed E-state index contributed by atoms with van der Waals surface area (Å²) in [4.78, 5) is 35.1. The molecule has 2 saturated heterocycles. The maximum Gasteiger partial charge on any atom is 0.412 e. The minimum absolute atomic E-state index is 0.0413. The Morgan fingerprint density at radius 3 is 2.59 bits per heavy atom. The van der Waals surface area contributed by atoms with E-state index in [1.165, 1.54) is 11.3 Å². The Labute approximate surface area is 237 Å². The molecule has 1 aromatic carbocycles. The standard InChI is InChI=1S/C28H26F2N6O4S/c29-24-11-17(12-25(30)33-24)13-35-9-1-4-23(35)26(37)34-27-32-21(16-41-27)22-3-2-10-36(22)19-7-5-18(6-8-19)31-28(38)40-20-14-39-15-20/h1,4-9,11-12,16,20,22H,2-3,10,13-15H2,(H,31,38)(H,32,34,37)/t22-/m1/s1. The number of thiazole rings is 1. The lowest BCUT2D eigenvalue weighted by atomic mass is 10.1. The van der Waals surface area contributed by atoms with E-state index in [1.807, 2.05) is 29.6 Å². The molecule has 6 rings (SSSR count). The van der Waals surface area contributed by atoms with E-state index in [0.29, 0.717) is 35.3 Å². The summed E-state index contributed by atoms with van der Waals surface area (Å²) in [6.07, 6.45) is 2.87. The van der Waals surface area contributed by atoms with Crippen LogP contribution in [0.25, 0.3) is 0 Å². The lowest BCUT2D eigenvalue weighted by Gasteiger charge is -2.26. The summed E-state index contributed by atoms with van der Waals surface area (Å²) in [7, 11) is 0. The SMILES string of the molecule is O=C(Nc1ccc(N2CCC[C@@H]2c2csc(NC(=O)c3cccn3Cc3cc(F)nc(F)c3)n2)cc1)OC1COC1. The second-order valence-electron chi connectivity index (χ2n) is 9.76. The van der Waals surface area contributed by atoms with Gasteiger partial charge in [0.25, 0.3) is 5.91 Å². The highest BCUT2D eigenvalue weighted by atomic mass is 32.1. The van der Waals surface area contributed by atoms with Crippen molar-refractivity contribution in [3.8, 4) is 0 Å². The molecule has 10 nitrogen and oxygen atoms in total. The van der Waals surface area contributed by atoms with E-state index < -0.39 is 18.0 Å². The van der Waals surface area contributed by atoms with Gasteiger partial charge in [0, 0.05) is 36.0 Å². The van der Waals surface area contributed by atoms with Gasteiger partial charge >= 0.3 is 6.09 Å². The van der Waals surface area contributed by atoms with Gasteiger partial charge in [0.15, 0.2) is 11.2 Å². The Hall–Kier alpha value is -4.36. The maximum atomic E-state index is 13.5. The van der Waals surface area contributed by atoms with Crippen molar-refractivity contribution in [1.29, 1.82) is 0 Å². The number of halogens is 2. The Morgan fingerprint density at radius 2 is 1.85 bits per heavy atom. The molecule has 2 aliphatic rings. The molecule has 2 N–H and O–H groups in total.